The highest BCUT2D eigenvalue weighted by Gasteiger charge is 2.39. The summed E-state index contributed by atoms with van der Waals surface area (Å²) < 4.78 is 0.609. The Bertz CT molecular complexity index is 247. The van der Waals surface area contributed by atoms with E-state index in [1.807, 2.05) is 0 Å². The second-order valence-electron chi connectivity index (χ2n) is 6.24. The van der Waals surface area contributed by atoms with Crippen LogP contribution in [0.3, 0.4) is 0 Å². The molecular weight excluding hydrogens is 240 g/mol. The second kappa shape index (κ2) is 6.62. The second-order valence-corrected chi connectivity index (χ2v) is 7.51. The van der Waals surface area contributed by atoms with Crippen LogP contribution in [0.1, 0.15) is 52.4 Å². The molecule has 106 valence electrons. The van der Waals surface area contributed by atoms with Crippen LogP contribution in [0.4, 0.5) is 0 Å². The van der Waals surface area contributed by atoms with Crippen LogP contribution in [-0.2, 0) is 0 Å². The third-order valence-electron chi connectivity index (χ3n) is 4.89. The normalized spacial score (nSPS) is 32.2. The van der Waals surface area contributed by atoms with Crippen LogP contribution in [0.25, 0.3) is 0 Å². The molecular formula is C15H30N2S. The molecule has 2 nitrogen and oxygen atoms in total. The van der Waals surface area contributed by atoms with Crippen molar-refractivity contribution < 1.29 is 0 Å². The lowest BCUT2D eigenvalue weighted by Gasteiger charge is -2.48. The summed E-state index contributed by atoms with van der Waals surface area (Å²) >= 11 is 2.11. The summed E-state index contributed by atoms with van der Waals surface area (Å²) in [6.45, 7) is 8.49. The zero-order valence-corrected chi connectivity index (χ0v) is 13.2. The van der Waals surface area contributed by atoms with Crippen molar-refractivity contribution in [1.29, 1.82) is 0 Å². The summed E-state index contributed by atoms with van der Waals surface area (Å²) in [5.74, 6) is 0. The predicted octanol–water partition coefficient (Wildman–Crippen LogP) is 3.12. The van der Waals surface area contributed by atoms with Gasteiger partial charge in [0.2, 0.25) is 0 Å². The monoisotopic (exact) mass is 270 g/mol. The molecule has 1 N–H and O–H groups in total. The Kier molecular flexibility index (Phi) is 5.40. The average Bonchev–Trinajstić information content (AvgIpc) is 2.33. The molecule has 18 heavy (non-hydrogen) atoms. The lowest BCUT2D eigenvalue weighted by Crippen LogP contribution is -2.53. The molecule has 2 aliphatic rings. The maximum absolute atomic E-state index is 3.70. The summed E-state index contributed by atoms with van der Waals surface area (Å²) in [7, 11) is 0. The molecule has 3 heteroatoms. The Morgan fingerprint density at radius 3 is 2.67 bits per heavy atom. The SMILES string of the molecule is CCCNC1CCN(CC2(SC)CCC2)C(C)C1. The molecule has 2 rings (SSSR count). The standard InChI is InChI=1S/C15H30N2S/c1-4-9-16-14-6-10-17(13(2)11-14)12-15(18-3)7-5-8-15/h13-14,16H,4-12H2,1-3H3. The van der Waals surface area contributed by atoms with E-state index in [4.69, 9.17) is 0 Å². The third-order valence-corrected chi connectivity index (χ3v) is 6.29. The number of rotatable bonds is 6. The number of likely N-dealkylation sites (tertiary alicyclic amines) is 1. The van der Waals surface area contributed by atoms with Gasteiger partial charge in [0.15, 0.2) is 0 Å². The van der Waals surface area contributed by atoms with Gasteiger partial charge in [0, 0.05) is 23.4 Å². The van der Waals surface area contributed by atoms with Crippen molar-refractivity contribution in [2.24, 2.45) is 0 Å². The summed E-state index contributed by atoms with van der Waals surface area (Å²) in [6, 6.07) is 1.53. The van der Waals surface area contributed by atoms with Gasteiger partial charge in [-0.05, 0) is 58.4 Å². The van der Waals surface area contributed by atoms with Crippen molar-refractivity contribution in [1.82, 2.24) is 10.2 Å². The Labute approximate surface area is 117 Å². The van der Waals surface area contributed by atoms with Crippen molar-refractivity contribution >= 4 is 11.8 Å². The van der Waals surface area contributed by atoms with Crippen LogP contribution in [0.5, 0.6) is 0 Å². The van der Waals surface area contributed by atoms with Gasteiger partial charge in [-0.3, -0.25) is 4.90 Å². The summed E-state index contributed by atoms with van der Waals surface area (Å²) in [5.41, 5.74) is 0. The first-order chi connectivity index (χ1) is 8.69. The number of hydrogen-bond donors (Lipinski definition) is 1. The van der Waals surface area contributed by atoms with Crippen molar-refractivity contribution in [3.05, 3.63) is 0 Å². The molecule has 2 fully saturated rings. The molecule has 1 aliphatic carbocycles. The number of hydrogen-bond acceptors (Lipinski definition) is 3. The van der Waals surface area contributed by atoms with Gasteiger partial charge in [-0.1, -0.05) is 13.3 Å². The van der Waals surface area contributed by atoms with E-state index in [1.165, 1.54) is 58.2 Å². The van der Waals surface area contributed by atoms with Crippen molar-refractivity contribution in [3.63, 3.8) is 0 Å². The molecule has 1 saturated carbocycles. The zero-order chi connectivity index (χ0) is 13.0. The van der Waals surface area contributed by atoms with Crippen molar-refractivity contribution in [3.8, 4) is 0 Å². The maximum atomic E-state index is 3.70. The topological polar surface area (TPSA) is 15.3 Å². The fourth-order valence-electron chi connectivity index (χ4n) is 3.36. The van der Waals surface area contributed by atoms with Crippen LogP contribution < -0.4 is 5.32 Å². The minimum absolute atomic E-state index is 0.609. The molecule has 0 aromatic heterocycles. The molecule has 0 aromatic carbocycles. The number of thioether (sulfide) groups is 1. The molecule has 2 atom stereocenters. The van der Waals surface area contributed by atoms with Gasteiger partial charge in [0.05, 0.1) is 0 Å². The van der Waals surface area contributed by atoms with Gasteiger partial charge in [0.1, 0.15) is 0 Å². The van der Waals surface area contributed by atoms with Crippen LogP contribution in [0.15, 0.2) is 0 Å². The molecule has 1 saturated heterocycles. The summed E-state index contributed by atoms with van der Waals surface area (Å²) in [4.78, 5) is 2.75. The first-order valence-electron chi connectivity index (χ1n) is 7.72. The van der Waals surface area contributed by atoms with Crippen LogP contribution >= 0.6 is 11.8 Å². The van der Waals surface area contributed by atoms with Gasteiger partial charge in [-0.2, -0.15) is 11.8 Å². The van der Waals surface area contributed by atoms with Crippen LogP contribution in [0, 0.1) is 0 Å². The average molecular weight is 270 g/mol. The van der Waals surface area contributed by atoms with E-state index in [1.54, 1.807) is 0 Å². The van der Waals surface area contributed by atoms with Gasteiger partial charge >= 0.3 is 0 Å². The maximum Gasteiger partial charge on any atom is 0.0284 e. The fraction of sp³-hybridized carbons (Fsp3) is 1.00. The first-order valence-corrected chi connectivity index (χ1v) is 8.94. The highest BCUT2D eigenvalue weighted by molar-refractivity contribution is 8.00. The Balaban J connectivity index is 1.78. The highest BCUT2D eigenvalue weighted by Crippen LogP contribution is 2.44. The zero-order valence-electron chi connectivity index (χ0n) is 12.4. The van der Waals surface area contributed by atoms with Crippen LogP contribution in [0.2, 0.25) is 0 Å². The summed E-state index contributed by atoms with van der Waals surface area (Å²) in [5, 5.41) is 3.70. The molecule has 1 heterocycles. The Morgan fingerprint density at radius 1 is 1.39 bits per heavy atom. The lowest BCUT2D eigenvalue weighted by atomic mass is 9.82. The molecule has 0 bridgehead atoms. The fourth-order valence-corrected chi connectivity index (χ4v) is 4.35. The van der Waals surface area contributed by atoms with E-state index in [9.17, 15) is 0 Å². The summed E-state index contributed by atoms with van der Waals surface area (Å²) in [6.07, 6.45) is 10.6. The number of nitrogens with one attached hydrogen (secondary N) is 1. The van der Waals surface area contributed by atoms with Gasteiger partial charge in [-0.15, -0.1) is 0 Å². The first kappa shape index (κ1) is 14.7. The Hall–Kier alpha value is 0.270. The van der Waals surface area contributed by atoms with E-state index in [0.29, 0.717) is 4.75 Å². The largest absolute Gasteiger partial charge is 0.314 e. The quantitative estimate of drug-likeness (QED) is 0.798. The molecule has 1 aliphatic heterocycles. The van der Waals surface area contributed by atoms with Crippen molar-refractivity contribution in [2.45, 2.75) is 69.2 Å². The van der Waals surface area contributed by atoms with E-state index < -0.39 is 0 Å². The molecule has 0 radical (unpaired) electrons. The number of nitrogens with zero attached hydrogens (tertiary/aromatic N) is 1. The Morgan fingerprint density at radius 2 is 2.17 bits per heavy atom. The van der Waals surface area contributed by atoms with Gasteiger partial charge in [-0.25, -0.2) is 0 Å². The van der Waals surface area contributed by atoms with E-state index in [2.05, 4.69) is 42.1 Å². The number of piperidine rings is 1. The highest BCUT2D eigenvalue weighted by atomic mass is 32.2. The van der Waals surface area contributed by atoms with Crippen molar-refractivity contribution in [2.75, 3.05) is 25.9 Å². The van der Waals surface area contributed by atoms with Gasteiger partial charge in [0.25, 0.3) is 0 Å². The molecule has 0 aromatic rings. The van der Waals surface area contributed by atoms with E-state index in [0.717, 1.165) is 12.1 Å². The minimum Gasteiger partial charge on any atom is -0.314 e. The molecule has 0 amide bonds. The van der Waals surface area contributed by atoms with Crippen LogP contribution in [-0.4, -0.2) is 47.6 Å². The minimum atomic E-state index is 0.609. The third kappa shape index (κ3) is 3.43. The predicted molar refractivity (Wildman–Crippen MR) is 82.4 cm³/mol. The molecule has 2 unspecified atom stereocenters. The van der Waals surface area contributed by atoms with Gasteiger partial charge < -0.3 is 5.32 Å². The molecule has 0 spiro atoms. The smallest absolute Gasteiger partial charge is 0.0284 e. The lowest BCUT2D eigenvalue weighted by molar-refractivity contribution is 0.107. The van der Waals surface area contributed by atoms with E-state index in [-0.39, 0.29) is 0 Å². The van der Waals surface area contributed by atoms with E-state index >= 15 is 0 Å².